The number of aliphatic hydroxyl groups excluding tert-OH is 1. The zero-order valence-corrected chi connectivity index (χ0v) is 38.4. The number of ether oxygens (including phenoxy) is 2. The highest BCUT2D eigenvalue weighted by molar-refractivity contribution is 5.70. The third kappa shape index (κ3) is 47.0. The van der Waals surface area contributed by atoms with Crippen molar-refractivity contribution in [2.45, 2.75) is 200 Å². The van der Waals surface area contributed by atoms with Gasteiger partial charge in [0.05, 0.1) is 6.61 Å². The number of carbonyl (C=O) groups excluding carboxylic acids is 2. The standard InChI is InChI=1S/C55H88O5/c1-3-5-7-9-11-13-15-17-19-21-23-25-26-27-28-30-32-34-36-38-40-42-44-46-48-50-55(58)60-53(51-56)52-59-54(57)49-47-45-43-41-39-37-35-33-31-29-24-22-20-18-16-14-12-10-8-6-4-2/h5-8,11-14,17-20,23-25,27-29,32,34,53,56H,3-4,9-10,15-16,21-22,26,30-31,33,35-52H2,1-2H3/b7-5-,8-6-,13-11-,14-12-,19-17-,20-18-,25-23-,28-27-,29-24-,34-32-. The van der Waals surface area contributed by atoms with Gasteiger partial charge in [0.15, 0.2) is 6.10 Å². The number of unbranched alkanes of at least 4 members (excludes halogenated alkanes) is 14. The van der Waals surface area contributed by atoms with Crippen LogP contribution in [0.3, 0.4) is 0 Å². The summed E-state index contributed by atoms with van der Waals surface area (Å²) in [5.41, 5.74) is 0. The zero-order valence-electron chi connectivity index (χ0n) is 38.4. The van der Waals surface area contributed by atoms with Gasteiger partial charge in [-0.15, -0.1) is 0 Å². The van der Waals surface area contributed by atoms with Gasteiger partial charge in [0.25, 0.3) is 0 Å². The fourth-order valence-electron chi connectivity index (χ4n) is 6.19. The van der Waals surface area contributed by atoms with Gasteiger partial charge < -0.3 is 14.6 Å². The van der Waals surface area contributed by atoms with Gasteiger partial charge in [0.1, 0.15) is 6.61 Å². The van der Waals surface area contributed by atoms with Gasteiger partial charge in [-0.25, -0.2) is 0 Å². The summed E-state index contributed by atoms with van der Waals surface area (Å²) in [7, 11) is 0. The van der Waals surface area contributed by atoms with E-state index in [1.54, 1.807) is 0 Å². The topological polar surface area (TPSA) is 72.8 Å². The highest BCUT2D eigenvalue weighted by Crippen LogP contribution is 2.13. The lowest BCUT2D eigenvalue weighted by atomic mass is 10.1. The minimum absolute atomic E-state index is 0.0846. The molecule has 60 heavy (non-hydrogen) atoms. The summed E-state index contributed by atoms with van der Waals surface area (Å²) in [4.78, 5) is 24.4. The van der Waals surface area contributed by atoms with E-state index in [1.807, 2.05) is 0 Å². The molecule has 0 aliphatic heterocycles. The van der Waals surface area contributed by atoms with Gasteiger partial charge in [0, 0.05) is 12.8 Å². The van der Waals surface area contributed by atoms with Gasteiger partial charge in [-0.1, -0.05) is 200 Å². The molecule has 5 heteroatoms. The van der Waals surface area contributed by atoms with E-state index in [1.165, 1.54) is 51.4 Å². The normalized spacial score (nSPS) is 13.3. The van der Waals surface area contributed by atoms with Gasteiger partial charge in [-0.05, 0) is 103 Å². The molecule has 1 unspecified atom stereocenters. The molecule has 0 fully saturated rings. The van der Waals surface area contributed by atoms with Gasteiger partial charge in [-0.2, -0.15) is 0 Å². The summed E-state index contributed by atoms with van der Waals surface area (Å²) in [5, 5.41) is 9.62. The number of aliphatic hydroxyl groups is 1. The first-order valence-corrected chi connectivity index (χ1v) is 24.1. The number of esters is 2. The number of hydrogen-bond acceptors (Lipinski definition) is 5. The Morgan fingerprint density at radius 1 is 0.383 bits per heavy atom. The molecule has 0 radical (unpaired) electrons. The van der Waals surface area contributed by atoms with Crippen molar-refractivity contribution in [1.82, 2.24) is 0 Å². The maximum Gasteiger partial charge on any atom is 0.306 e. The molecule has 0 rings (SSSR count). The predicted molar refractivity (Wildman–Crippen MR) is 260 cm³/mol. The second-order valence-corrected chi connectivity index (χ2v) is 15.4. The Kier molecular flexibility index (Phi) is 46.6. The first-order valence-electron chi connectivity index (χ1n) is 24.1. The Morgan fingerprint density at radius 3 is 1.00 bits per heavy atom. The molecule has 0 aliphatic rings. The van der Waals surface area contributed by atoms with E-state index in [0.29, 0.717) is 12.8 Å². The van der Waals surface area contributed by atoms with Gasteiger partial charge in [0.2, 0.25) is 0 Å². The lowest BCUT2D eigenvalue weighted by molar-refractivity contribution is -0.161. The molecular weight excluding hydrogens is 741 g/mol. The van der Waals surface area contributed by atoms with E-state index < -0.39 is 6.10 Å². The Morgan fingerprint density at radius 2 is 0.667 bits per heavy atom. The molecule has 0 aliphatic carbocycles. The fraction of sp³-hybridized carbons (Fsp3) is 0.600. The summed E-state index contributed by atoms with van der Waals surface area (Å²) in [6, 6.07) is 0. The van der Waals surface area contributed by atoms with Crippen LogP contribution in [-0.2, 0) is 19.1 Å². The first-order chi connectivity index (χ1) is 29.6. The smallest absolute Gasteiger partial charge is 0.306 e. The molecular formula is C55H88O5. The predicted octanol–water partition coefficient (Wildman–Crippen LogP) is 16.0. The van der Waals surface area contributed by atoms with E-state index in [2.05, 4.69) is 135 Å². The van der Waals surface area contributed by atoms with E-state index in [-0.39, 0.29) is 25.2 Å². The van der Waals surface area contributed by atoms with Crippen LogP contribution in [0.5, 0.6) is 0 Å². The SMILES string of the molecule is CC/C=C\C/C=C\C/C=C\C/C=C\C/C=C\C/C=C\CCCCCCCCC(=O)OC(CO)COC(=O)CCCCCCCCCC/C=C\C/C=C\C/C=C\C/C=C\CC. The molecule has 0 amide bonds. The fourth-order valence-corrected chi connectivity index (χ4v) is 6.19. The number of hydrogen-bond donors (Lipinski definition) is 1. The second kappa shape index (κ2) is 49.7. The van der Waals surface area contributed by atoms with Crippen LogP contribution in [0.25, 0.3) is 0 Å². The second-order valence-electron chi connectivity index (χ2n) is 15.4. The van der Waals surface area contributed by atoms with Crippen LogP contribution in [0.15, 0.2) is 122 Å². The van der Waals surface area contributed by atoms with E-state index in [4.69, 9.17) is 9.47 Å². The Hall–Kier alpha value is -3.70. The lowest BCUT2D eigenvalue weighted by Gasteiger charge is -2.15. The van der Waals surface area contributed by atoms with E-state index in [0.717, 1.165) is 116 Å². The molecule has 0 aromatic carbocycles. The van der Waals surface area contributed by atoms with Crippen LogP contribution in [0.4, 0.5) is 0 Å². The van der Waals surface area contributed by atoms with Crippen molar-refractivity contribution >= 4 is 11.9 Å². The van der Waals surface area contributed by atoms with Crippen LogP contribution >= 0.6 is 0 Å². The van der Waals surface area contributed by atoms with Crippen molar-refractivity contribution in [3.63, 3.8) is 0 Å². The van der Waals surface area contributed by atoms with Gasteiger partial charge in [-0.3, -0.25) is 9.59 Å². The monoisotopic (exact) mass is 829 g/mol. The summed E-state index contributed by atoms with van der Waals surface area (Å²) < 4.78 is 10.7. The molecule has 0 spiro atoms. The average Bonchev–Trinajstić information content (AvgIpc) is 3.25. The molecule has 1 N–H and O–H groups in total. The third-order valence-corrected chi connectivity index (χ3v) is 9.75. The minimum atomic E-state index is -0.793. The first kappa shape index (κ1) is 56.3. The quantitative estimate of drug-likeness (QED) is 0.0377. The largest absolute Gasteiger partial charge is 0.462 e. The zero-order chi connectivity index (χ0) is 43.5. The van der Waals surface area contributed by atoms with Gasteiger partial charge >= 0.3 is 11.9 Å². The van der Waals surface area contributed by atoms with Crippen molar-refractivity contribution in [2.24, 2.45) is 0 Å². The summed E-state index contributed by atoms with van der Waals surface area (Å²) in [6.07, 6.45) is 72.7. The summed E-state index contributed by atoms with van der Waals surface area (Å²) in [6.45, 7) is 3.88. The van der Waals surface area contributed by atoms with Crippen molar-refractivity contribution in [2.75, 3.05) is 13.2 Å². The molecule has 0 aromatic rings. The molecule has 0 bridgehead atoms. The van der Waals surface area contributed by atoms with Crippen LogP contribution < -0.4 is 0 Å². The Bertz CT molecular complexity index is 1260. The van der Waals surface area contributed by atoms with Crippen LogP contribution in [-0.4, -0.2) is 36.4 Å². The summed E-state index contributed by atoms with van der Waals surface area (Å²) >= 11 is 0. The van der Waals surface area contributed by atoms with Crippen LogP contribution in [0.1, 0.15) is 194 Å². The van der Waals surface area contributed by atoms with Crippen molar-refractivity contribution in [3.05, 3.63) is 122 Å². The molecule has 0 saturated carbocycles. The van der Waals surface area contributed by atoms with E-state index in [9.17, 15) is 14.7 Å². The van der Waals surface area contributed by atoms with Crippen molar-refractivity contribution < 1.29 is 24.2 Å². The maximum atomic E-state index is 12.3. The van der Waals surface area contributed by atoms with Crippen LogP contribution in [0.2, 0.25) is 0 Å². The molecule has 5 nitrogen and oxygen atoms in total. The van der Waals surface area contributed by atoms with Crippen molar-refractivity contribution in [1.29, 1.82) is 0 Å². The van der Waals surface area contributed by atoms with E-state index >= 15 is 0 Å². The number of rotatable bonds is 42. The Balaban J connectivity index is 3.63. The molecule has 0 saturated heterocycles. The molecule has 0 heterocycles. The lowest BCUT2D eigenvalue weighted by Crippen LogP contribution is -2.28. The average molecular weight is 829 g/mol. The Labute approximate surface area is 369 Å². The highest BCUT2D eigenvalue weighted by Gasteiger charge is 2.16. The number of allylic oxidation sites excluding steroid dienone is 20. The van der Waals surface area contributed by atoms with Crippen LogP contribution in [0, 0.1) is 0 Å². The minimum Gasteiger partial charge on any atom is -0.462 e. The molecule has 0 aromatic heterocycles. The summed E-state index contributed by atoms with van der Waals surface area (Å²) in [5.74, 6) is -0.626. The maximum absolute atomic E-state index is 12.3. The highest BCUT2D eigenvalue weighted by atomic mass is 16.6. The van der Waals surface area contributed by atoms with Crippen molar-refractivity contribution in [3.8, 4) is 0 Å². The number of carbonyl (C=O) groups is 2. The molecule has 1 atom stereocenters. The third-order valence-electron chi connectivity index (χ3n) is 9.75. The molecule has 338 valence electrons.